The Balaban J connectivity index is 1.71. The van der Waals surface area contributed by atoms with E-state index in [0.717, 1.165) is 35.2 Å². The van der Waals surface area contributed by atoms with Crippen LogP contribution >= 0.6 is 23.4 Å². The number of nitrogens with one attached hydrogen (secondary N) is 1. The Hall–Kier alpha value is -1.72. The van der Waals surface area contributed by atoms with Crippen molar-refractivity contribution in [2.45, 2.75) is 26.1 Å². The van der Waals surface area contributed by atoms with Gasteiger partial charge in [0, 0.05) is 36.6 Å². The van der Waals surface area contributed by atoms with Crippen molar-refractivity contribution in [1.82, 2.24) is 10.3 Å². The maximum Gasteiger partial charge on any atom is 0.230 e. The molecule has 1 amide bonds. The maximum absolute atomic E-state index is 11.9. The van der Waals surface area contributed by atoms with Crippen LogP contribution in [0.5, 0.6) is 0 Å². The van der Waals surface area contributed by atoms with Crippen molar-refractivity contribution in [2.75, 3.05) is 23.7 Å². The summed E-state index contributed by atoms with van der Waals surface area (Å²) in [5.74, 6) is 2.24. The van der Waals surface area contributed by atoms with Crippen molar-refractivity contribution in [2.24, 2.45) is 0 Å². The Kier molecular flexibility index (Phi) is 8.09. The van der Waals surface area contributed by atoms with Crippen LogP contribution in [0.15, 0.2) is 42.6 Å². The molecule has 2 rings (SSSR count). The second kappa shape index (κ2) is 10.3. The van der Waals surface area contributed by atoms with Crippen LogP contribution in [0.4, 0.5) is 5.82 Å². The van der Waals surface area contributed by atoms with Gasteiger partial charge < -0.3 is 10.2 Å². The minimum absolute atomic E-state index is 0.0341. The van der Waals surface area contributed by atoms with E-state index in [1.54, 1.807) is 11.8 Å². The lowest BCUT2D eigenvalue weighted by molar-refractivity contribution is -0.118. The van der Waals surface area contributed by atoms with E-state index in [2.05, 4.69) is 29.0 Å². The molecule has 1 aromatic heterocycles. The van der Waals surface area contributed by atoms with Crippen molar-refractivity contribution in [1.29, 1.82) is 0 Å². The van der Waals surface area contributed by atoms with Crippen molar-refractivity contribution in [3.05, 3.63) is 58.7 Å². The SMILES string of the molecule is CCN(CC)c1ccc(CNC(=O)CSCc2ccc(Cl)cc2)cn1. The van der Waals surface area contributed by atoms with E-state index in [0.29, 0.717) is 12.3 Å². The minimum atomic E-state index is 0.0341. The summed E-state index contributed by atoms with van der Waals surface area (Å²) >= 11 is 7.45. The van der Waals surface area contributed by atoms with E-state index < -0.39 is 0 Å². The number of pyridine rings is 1. The molecule has 0 spiro atoms. The number of thioether (sulfide) groups is 1. The van der Waals surface area contributed by atoms with Gasteiger partial charge in [-0.2, -0.15) is 0 Å². The molecule has 1 heterocycles. The summed E-state index contributed by atoms with van der Waals surface area (Å²) in [4.78, 5) is 18.6. The first-order valence-electron chi connectivity index (χ1n) is 8.41. The Morgan fingerprint density at radius 2 is 1.80 bits per heavy atom. The third-order valence-corrected chi connectivity index (χ3v) is 5.06. The fraction of sp³-hybridized carbons (Fsp3) is 0.368. The second-order valence-corrected chi connectivity index (χ2v) is 7.01. The second-order valence-electron chi connectivity index (χ2n) is 5.59. The van der Waals surface area contributed by atoms with Crippen LogP contribution in [0, 0.1) is 0 Å². The molecule has 0 aliphatic heterocycles. The highest BCUT2D eigenvalue weighted by atomic mass is 35.5. The third-order valence-electron chi connectivity index (χ3n) is 3.80. The molecule has 0 bridgehead atoms. The Morgan fingerprint density at radius 3 is 2.40 bits per heavy atom. The lowest BCUT2D eigenvalue weighted by Gasteiger charge is -2.19. The zero-order valence-corrected chi connectivity index (χ0v) is 16.2. The van der Waals surface area contributed by atoms with Crippen LogP contribution in [-0.4, -0.2) is 29.7 Å². The number of anilines is 1. The van der Waals surface area contributed by atoms with Crippen molar-refractivity contribution in [3.63, 3.8) is 0 Å². The predicted octanol–water partition coefficient (Wildman–Crippen LogP) is 4.13. The van der Waals surface area contributed by atoms with Gasteiger partial charge in [-0.1, -0.05) is 29.8 Å². The Bertz CT molecular complexity index is 657. The summed E-state index contributed by atoms with van der Waals surface area (Å²) < 4.78 is 0. The van der Waals surface area contributed by atoms with Gasteiger partial charge in [-0.15, -0.1) is 11.8 Å². The van der Waals surface area contributed by atoms with Crippen molar-refractivity contribution >= 4 is 35.1 Å². The quantitative estimate of drug-likeness (QED) is 0.713. The molecule has 25 heavy (non-hydrogen) atoms. The van der Waals surface area contributed by atoms with Gasteiger partial charge in [0.25, 0.3) is 0 Å². The highest BCUT2D eigenvalue weighted by Crippen LogP contribution is 2.15. The average molecular weight is 378 g/mol. The molecule has 0 fully saturated rings. The zero-order chi connectivity index (χ0) is 18.1. The molecule has 0 aliphatic rings. The fourth-order valence-electron chi connectivity index (χ4n) is 2.35. The number of halogens is 1. The first kappa shape index (κ1) is 19.6. The highest BCUT2D eigenvalue weighted by Gasteiger charge is 2.05. The number of carbonyl (C=O) groups excluding carboxylic acids is 1. The summed E-state index contributed by atoms with van der Waals surface area (Å²) in [5.41, 5.74) is 2.17. The lowest BCUT2D eigenvalue weighted by Crippen LogP contribution is -2.25. The van der Waals surface area contributed by atoms with E-state index in [9.17, 15) is 4.79 Å². The van der Waals surface area contributed by atoms with Gasteiger partial charge in [-0.05, 0) is 43.2 Å². The number of hydrogen-bond donors (Lipinski definition) is 1. The molecule has 6 heteroatoms. The number of amides is 1. The van der Waals surface area contributed by atoms with Crippen LogP contribution in [0.1, 0.15) is 25.0 Å². The molecule has 0 saturated carbocycles. The molecule has 4 nitrogen and oxygen atoms in total. The molecule has 0 atom stereocenters. The number of nitrogens with zero attached hydrogens (tertiary/aromatic N) is 2. The van der Waals surface area contributed by atoms with Crippen LogP contribution in [0.25, 0.3) is 0 Å². The fourth-order valence-corrected chi connectivity index (χ4v) is 3.29. The highest BCUT2D eigenvalue weighted by molar-refractivity contribution is 7.99. The van der Waals surface area contributed by atoms with E-state index in [1.165, 1.54) is 5.56 Å². The summed E-state index contributed by atoms with van der Waals surface area (Å²) in [7, 11) is 0. The number of aromatic nitrogens is 1. The smallest absolute Gasteiger partial charge is 0.230 e. The van der Waals surface area contributed by atoms with E-state index in [1.807, 2.05) is 42.6 Å². The number of rotatable bonds is 9. The predicted molar refractivity (Wildman–Crippen MR) is 107 cm³/mol. The molecule has 134 valence electrons. The van der Waals surface area contributed by atoms with Crippen LogP contribution in [0.2, 0.25) is 5.02 Å². The largest absolute Gasteiger partial charge is 0.357 e. The first-order chi connectivity index (χ1) is 12.1. The molecule has 0 saturated heterocycles. The minimum Gasteiger partial charge on any atom is -0.357 e. The summed E-state index contributed by atoms with van der Waals surface area (Å²) in [6, 6.07) is 11.7. The lowest BCUT2D eigenvalue weighted by atomic mass is 10.2. The summed E-state index contributed by atoms with van der Waals surface area (Å²) in [6.07, 6.45) is 1.83. The van der Waals surface area contributed by atoms with E-state index in [-0.39, 0.29) is 5.91 Å². The third kappa shape index (κ3) is 6.59. The molecule has 1 aromatic carbocycles. The summed E-state index contributed by atoms with van der Waals surface area (Å²) in [6.45, 7) is 6.60. The van der Waals surface area contributed by atoms with E-state index >= 15 is 0 Å². The molecule has 0 radical (unpaired) electrons. The van der Waals surface area contributed by atoms with Gasteiger partial charge in [0.1, 0.15) is 5.82 Å². The molecule has 1 N–H and O–H groups in total. The van der Waals surface area contributed by atoms with Gasteiger partial charge in [0.2, 0.25) is 5.91 Å². The maximum atomic E-state index is 11.9. The van der Waals surface area contributed by atoms with Crippen LogP contribution in [0.3, 0.4) is 0 Å². The monoisotopic (exact) mass is 377 g/mol. The number of carbonyl (C=O) groups is 1. The summed E-state index contributed by atoms with van der Waals surface area (Å²) in [5, 5.41) is 3.67. The van der Waals surface area contributed by atoms with Crippen molar-refractivity contribution < 1.29 is 4.79 Å². The molecule has 2 aromatic rings. The van der Waals surface area contributed by atoms with Gasteiger partial charge in [0.15, 0.2) is 0 Å². The van der Waals surface area contributed by atoms with Gasteiger partial charge in [0.05, 0.1) is 5.75 Å². The zero-order valence-electron chi connectivity index (χ0n) is 14.7. The van der Waals surface area contributed by atoms with Crippen molar-refractivity contribution in [3.8, 4) is 0 Å². The normalized spacial score (nSPS) is 10.5. The van der Waals surface area contributed by atoms with Crippen LogP contribution in [-0.2, 0) is 17.1 Å². The molecular weight excluding hydrogens is 354 g/mol. The van der Waals surface area contributed by atoms with Crippen LogP contribution < -0.4 is 10.2 Å². The van der Waals surface area contributed by atoms with Gasteiger partial charge >= 0.3 is 0 Å². The average Bonchev–Trinajstić information content (AvgIpc) is 2.64. The number of hydrogen-bond acceptors (Lipinski definition) is 4. The van der Waals surface area contributed by atoms with Gasteiger partial charge in [-0.25, -0.2) is 4.98 Å². The Morgan fingerprint density at radius 1 is 1.12 bits per heavy atom. The Labute approximate surface area is 159 Å². The molecule has 0 unspecified atom stereocenters. The number of benzene rings is 1. The molecular formula is C19H24ClN3OS. The standard InChI is InChI=1S/C19H24ClN3OS/c1-3-23(4-2)18-10-7-16(11-21-18)12-22-19(24)14-25-13-15-5-8-17(20)9-6-15/h5-11H,3-4,12-14H2,1-2H3,(H,22,24). The molecule has 0 aliphatic carbocycles. The van der Waals surface area contributed by atoms with E-state index in [4.69, 9.17) is 11.6 Å². The first-order valence-corrected chi connectivity index (χ1v) is 9.94. The topological polar surface area (TPSA) is 45.2 Å². The van der Waals surface area contributed by atoms with Gasteiger partial charge in [-0.3, -0.25) is 4.79 Å².